The first-order chi connectivity index (χ1) is 6.22. The molecule has 0 amide bonds. The lowest BCUT2D eigenvalue weighted by atomic mass is 10.5. The smallest absolute Gasteiger partial charge is 0.325 e. The van der Waals surface area contributed by atoms with Gasteiger partial charge in [-0.15, -0.1) is 0 Å². The topological polar surface area (TPSA) is 64.1 Å². The molecule has 0 atom stereocenters. The van der Waals surface area contributed by atoms with Crippen LogP contribution in [0, 0.1) is 0 Å². The Kier molecular flexibility index (Phi) is 3.45. The van der Waals surface area contributed by atoms with Gasteiger partial charge in [0.1, 0.15) is 12.4 Å². The number of hydrogen-bond donors (Lipinski definition) is 1. The summed E-state index contributed by atoms with van der Waals surface area (Å²) < 4.78 is 4.42. The van der Waals surface area contributed by atoms with Crippen LogP contribution in [-0.4, -0.2) is 29.6 Å². The van der Waals surface area contributed by atoms with E-state index in [0.29, 0.717) is 5.82 Å². The number of methoxy groups -OCH3 is 1. The summed E-state index contributed by atoms with van der Waals surface area (Å²) in [7, 11) is 1.32. The summed E-state index contributed by atoms with van der Waals surface area (Å²) in [5.74, 6) is 0.125. The molecule has 0 aromatic carbocycles. The lowest BCUT2D eigenvalue weighted by Crippen LogP contribution is -2.15. The van der Waals surface area contributed by atoms with Gasteiger partial charge < -0.3 is 10.1 Å². The molecule has 0 saturated carbocycles. The average Bonchev–Trinajstić information content (AvgIpc) is 2.14. The Hall–Kier alpha value is -1.36. The van der Waals surface area contributed by atoms with Crippen LogP contribution in [0.1, 0.15) is 0 Å². The third-order valence-corrected chi connectivity index (χ3v) is 1.45. The molecule has 0 radical (unpaired) electrons. The standard InChI is InChI=1S/C7H8ClN3O2/c1-13-6(12)4-10-5-2-3-9-7(8)11-5/h2-3H,4H2,1H3,(H,9,10,11). The van der Waals surface area contributed by atoms with Crippen LogP contribution in [-0.2, 0) is 9.53 Å². The molecular weight excluding hydrogens is 194 g/mol. The van der Waals surface area contributed by atoms with Crippen molar-refractivity contribution in [1.29, 1.82) is 0 Å². The van der Waals surface area contributed by atoms with Crippen LogP contribution in [0.3, 0.4) is 0 Å². The summed E-state index contributed by atoms with van der Waals surface area (Å²) in [5, 5.41) is 2.86. The lowest BCUT2D eigenvalue weighted by Gasteiger charge is -2.02. The summed E-state index contributed by atoms with van der Waals surface area (Å²) in [6, 6.07) is 1.61. The molecule has 0 bridgehead atoms. The van der Waals surface area contributed by atoms with E-state index in [1.165, 1.54) is 13.3 Å². The highest BCUT2D eigenvalue weighted by Crippen LogP contribution is 2.04. The van der Waals surface area contributed by atoms with Gasteiger partial charge in [-0.05, 0) is 17.7 Å². The highest BCUT2D eigenvalue weighted by Gasteiger charge is 2.00. The molecule has 0 aliphatic carbocycles. The van der Waals surface area contributed by atoms with Crippen molar-refractivity contribution in [3.8, 4) is 0 Å². The third kappa shape index (κ3) is 3.25. The van der Waals surface area contributed by atoms with E-state index in [2.05, 4.69) is 20.0 Å². The predicted molar refractivity (Wildman–Crippen MR) is 47.5 cm³/mol. The number of hydrogen-bond acceptors (Lipinski definition) is 5. The number of carbonyl (C=O) groups excluding carboxylic acids is 1. The number of carbonyl (C=O) groups is 1. The molecule has 1 N–H and O–H groups in total. The Labute approximate surface area is 80.1 Å². The van der Waals surface area contributed by atoms with Crippen LogP contribution >= 0.6 is 11.6 Å². The molecule has 0 unspecified atom stereocenters. The summed E-state index contributed by atoms with van der Waals surface area (Å²) in [6.45, 7) is 0.0594. The molecule has 1 aromatic heterocycles. The fourth-order valence-corrected chi connectivity index (χ4v) is 0.816. The number of aromatic nitrogens is 2. The van der Waals surface area contributed by atoms with E-state index in [1.54, 1.807) is 6.07 Å². The largest absolute Gasteiger partial charge is 0.468 e. The van der Waals surface area contributed by atoms with Gasteiger partial charge in [-0.25, -0.2) is 9.97 Å². The molecule has 0 aliphatic heterocycles. The van der Waals surface area contributed by atoms with E-state index in [4.69, 9.17) is 11.6 Å². The first-order valence-corrected chi connectivity index (χ1v) is 3.89. The van der Waals surface area contributed by atoms with Crippen molar-refractivity contribution in [2.45, 2.75) is 0 Å². The van der Waals surface area contributed by atoms with E-state index in [9.17, 15) is 4.79 Å². The molecule has 5 nitrogen and oxygen atoms in total. The van der Waals surface area contributed by atoms with Gasteiger partial charge in [0.15, 0.2) is 0 Å². The van der Waals surface area contributed by atoms with E-state index in [0.717, 1.165) is 0 Å². The van der Waals surface area contributed by atoms with Crippen molar-refractivity contribution in [2.75, 3.05) is 19.0 Å². The highest BCUT2D eigenvalue weighted by molar-refractivity contribution is 6.28. The zero-order valence-electron chi connectivity index (χ0n) is 6.95. The van der Waals surface area contributed by atoms with Gasteiger partial charge in [-0.3, -0.25) is 4.79 Å². The summed E-state index contributed by atoms with van der Waals surface area (Å²) in [6.07, 6.45) is 1.49. The number of anilines is 1. The molecule has 70 valence electrons. The summed E-state index contributed by atoms with van der Waals surface area (Å²) in [5.41, 5.74) is 0. The van der Waals surface area contributed by atoms with Crippen molar-refractivity contribution in [2.24, 2.45) is 0 Å². The molecule has 0 spiro atoms. The maximum Gasteiger partial charge on any atom is 0.325 e. The predicted octanol–water partition coefficient (Wildman–Crippen LogP) is 0.715. The Morgan fingerprint density at radius 2 is 2.54 bits per heavy atom. The molecule has 13 heavy (non-hydrogen) atoms. The van der Waals surface area contributed by atoms with Crippen LogP contribution in [0.2, 0.25) is 5.28 Å². The van der Waals surface area contributed by atoms with Gasteiger partial charge >= 0.3 is 5.97 Å². The van der Waals surface area contributed by atoms with Crippen molar-refractivity contribution in [3.05, 3.63) is 17.5 Å². The third-order valence-electron chi connectivity index (χ3n) is 1.27. The first kappa shape index (κ1) is 9.73. The number of esters is 1. The van der Waals surface area contributed by atoms with E-state index in [-0.39, 0.29) is 17.8 Å². The SMILES string of the molecule is COC(=O)CNc1ccnc(Cl)n1. The second-order valence-electron chi connectivity index (χ2n) is 2.14. The van der Waals surface area contributed by atoms with Crippen LogP contribution in [0.15, 0.2) is 12.3 Å². The van der Waals surface area contributed by atoms with Crippen LogP contribution in [0.5, 0.6) is 0 Å². The normalized spacial score (nSPS) is 9.38. The number of nitrogens with one attached hydrogen (secondary N) is 1. The van der Waals surface area contributed by atoms with Gasteiger partial charge in [0.05, 0.1) is 7.11 Å². The summed E-state index contributed by atoms with van der Waals surface area (Å²) >= 11 is 5.52. The molecule has 1 rings (SSSR count). The van der Waals surface area contributed by atoms with Crippen LogP contribution in [0.25, 0.3) is 0 Å². The first-order valence-electron chi connectivity index (χ1n) is 3.51. The Balaban J connectivity index is 2.50. The molecule has 0 saturated heterocycles. The Morgan fingerprint density at radius 3 is 3.15 bits per heavy atom. The second-order valence-corrected chi connectivity index (χ2v) is 2.48. The quantitative estimate of drug-likeness (QED) is 0.577. The van der Waals surface area contributed by atoms with Gasteiger partial charge in [-0.2, -0.15) is 0 Å². The monoisotopic (exact) mass is 201 g/mol. The van der Waals surface area contributed by atoms with Crippen molar-refractivity contribution < 1.29 is 9.53 Å². The van der Waals surface area contributed by atoms with Gasteiger partial charge in [0, 0.05) is 6.20 Å². The molecule has 0 aliphatic rings. The molecule has 0 fully saturated rings. The van der Waals surface area contributed by atoms with Crippen molar-refractivity contribution in [1.82, 2.24) is 9.97 Å². The fourth-order valence-electron chi connectivity index (χ4n) is 0.668. The molecular formula is C7H8ClN3O2. The fraction of sp³-hybridized carbons (Fsp3) is 0.286. The Morgan fingerprint density at radius 1 is 1.77 bits per heavy atom. The molecule has 1 heterocycles. The van der Waals surface area contributed by atoms with Gasteiger partial charge in [0.2, 0.25) is 5.28 Å². The number of rotatable bonds is 3. The average molecular weight is 202 g/mol. The van der Waals surface area contributed by atoms with Crippen LogP contribution in [0.4, 0.5) is 5.82 Å². The number of halogens is 1. The maximum atomic E-state index is 10.7. The van der Waals surface area contributed by atoms with E-state index < -0.39 is 0 Å². The zero-order chi connectivity index (χ0) is 9.68. The second kappa shape index (κ2) is 4.61. The van der Waals surface area contributed by atoms with Crippen molar-refractivity contribution in [3.63, 3.8) is 0 Å². The molecule has 1 aromatic rings. The van der Waals surface area contributed by atoms with Gasteiger partial charge in [-0.1, -0.05) is 0 Å². The van der Waals surface area contributed by atoms with E-state index >= 15 is 0 Å². The van der Waals surface area contributed by atoms with Crippen molar-refractivity contribution >= 4 is 23.4 Å². The lowest BCUT2D eigenvalue weighted by molar-refractivity contribution is -0.138. The van der Waals surface area contributed by atoms with E-state index in [1.807, 2.05) is 0 Å². The molecule has 6 heteroatoms. The zero-order valence-corrected chi connectivity index (χ0v) is 7.71. The number of nitrogens with zero attached hydrogens (tertiary/aromatic N) is 2. The minimum atomic E-state index is -0.366. The Bertz CT molecular complexity index is 306. The highest BCUT2D eigenvalue weighted by atomic mass is 35.5. The maximum absolute atomic E-state index is 10.7. The van der Waals surface area contributed by atoms with Crippen LogP contribution < -0.4 is 5.32 Å². The van der Waals surface area contributed by atoms with Gasteiger partial charge in [0.25, 0.3) is 0 Å². The minimum Gasteiger partial charge on any atom is -0.468 e. The minimum absolute atomic E-state index is 0.0594. The summed E-state index contributed by atoms with van der Waals surface area (Å²) in [4.78, 5) is 18.2. The number of ether oxygens (including phenoxy) is 1.